The van der Waals surface area contributed by atoms with Gasteiger partial charge in [0, 0.05) is 0 Å². The molecule has 0 atom stereocenters. The average Bonchev–Trinajstić information content (AvgIpc) is 2.62. The Morgan fingerprint density at radius 1 is 0.840 bits per heavy atom. The van der Waals surface area contributed by atoms with E-state index in [9.17, 15) is 14.4 Å². The lowest BCUT2D eigenvalue weighted by atomic mass is 10.0. The summed E-state index contributed by atoms with van der Waals surface area (Å²) in [6.45, 7) is 3.88. The molecule has 0 amide bonds. The summed E-state index contributed by atoms with van der Waals surface area (Å²) < 4.78 is 9.92. The molecule has 0 fully saturated rings. The Balaban J connectivity index is 2.30. The summed E-state index contributed by atoms with van der Waals surface area (Å²) in [4.78, 5) is 36.6. The molecule has 0 saturated carbocycles. The lowest BCUT2D eigenvalue weighted by Crippen LogP contribution is -2.18. The molecule has 130 valence electrons. The van der Waals surface area contributed by atoms with Gasteiger partial charge in [-0.2, -0.15) is 0 Å². The number of esters is 3. The lowest BCUT2D eigenvalue weighted by molar-refractivity contribution is 0.0385. The second-order valence-corrected chi connectivity index (χ2v) is 5.39. The Morgan fingerprint density at radius 3 is 2.20 bits per heavy atom. The lowest BCUT2D eigenvalue weighted by Gasteiger charge is -2.10. The molecule has 0 radical (unpaired) electrons. The van der Waals surface area contributed by atoms with E-state index >= 15 is 0 Å². The molecule has 0 spiro atoms. The maximum atomic E-state index is 12.5. The van der Waals surface area contributed by atoms with Crippen molar-refractivity contribution in [3.63, 3.8) is 0 Å². The summed E-state index contributed by atoms with van der Waals surface area (Å²) in [5, 5.41) is 0. The minimum Gasteiger partial charge on any atom is -0.462 e. The van der Waals surface area contributed by atoms with Gasteiger partial charge >= 0.3 is 17.9 Å². The van der Waals surface area contributed by atoms with E-state index in [1.807, 2.05) is 6.92 Å². The predicted molar refractivity (Wildman–Crippen MR) is 92.6 cm³/mol. The summed E-state index contributed by atoms with van der Waals surface area (Å²) in [6.07, 6.45) is 1.63. The van der Waals surface area contributed by atoms with Crippen molar-refractivity contribution in [2.75, 3.05) is 6.61 Å². The molecule has 2 aromatic carbocycles. The topological polar surface area (TPSA) is 69.7 Å². The third-order valence-corrected chi connectivity index (χ3v) is 3.53. The Kier molecular flexibility index (Phi) is 6.46. The molecule has 0 saturated heterocycles. The standard InChI is InChI=1S/C20H20O5/c1-3-8-14-11-12-16(19(22)24-4-2)17(13-14)20(23)25-18(21)15-9-6-5-7-10-15/h5-7,9-13H,3-4,8H2,1-2H3. The third kappa shape index (κ3) is 4.76. The van der Waals surface area contributed by atoms with Crippen molar-refractivity contribution in [1.82, 2.24) is 0 Å². The van der Waals surface area contributed by atoms with Crippen LogP contribution in [0.15, 0.2) is 48.5 Å². The van der Waals surface area contributed by atoms with Crippen molar-refractivity contribution in [1.29, 1.82) is 0 Å². The Morgan fingerprint density at radius 2 is 1.56 bits per heavy atom. The zero-order chi connectivity index (χ0) is 18.2. The molecule has 0 heterocycles. The van der Waals surface area contributed by atoms with Gasteiger partial charge in [0.15, 0.2) is 0 Å². The Hall–Kier alpha value is -2.95. The van der Waals surface area contributed by atoms with E-state index in [2.05, 4.69) is 0 Å². The van der Waals surface area contributed by atoms with Crippen LogP contribution in [0.4, 0.5) is 0 Å². The molecule has 0 aromatic heterocycles. The van der Waals surface area contributed by atoms with Gasteiger partial charge in [0.25, 0.3) is 0 Å². The molecule has 25 heavy (non-hydrogen) atoms. The van der Waals surface area contributed by atoms with Crippen LogP contribution in [-0.4, -0.2) is 24.5 Å². The van der Waals surface area contributed by atoms with Gasteiger partial charge in [0.1, 0.15) is 0 Å². The number of benzene rings is 2. The molecule has 2 rings (SSSR count). The summed E-state index contributed by atoms with van der Waals surface area (Å²) in [6, 6.07) is 13.1. The monoisotopic (exact) mass is 340 g/mol. The third-order valence-electron chi connectivity index (χ3n) is 3.53. The molecule has 0 aliphatic heterocycles. The van der Waals surface area contributed by atoms with Gasteiger partial charge in [-0.3, -0.25) is 0 Å². The first-order valence-electron chi connectivity index (χ1n) is 8.18. The van der Waals surface area contributed by atoms with E-state index in [1.165, 1.54) is 6.07 Å². The average molecular weight is 340 g/mol. The predicted octanol–water partition coefficient (Wildman–Crippen LogP) is 3.81. The second kappa shape index (κ2) is 8.78. The highest BCUT2D eigenvalue weighted by molar-refractivity contribution is 6.08. The highest BCUT2D eigenvalue weighted by Gasteiger charge is 2.22. The molecular formula is C20H20O5. The first-order chi connectivity index (χ1) is 12.1. The smallest absolute Gasteiger partial charge is 0.346 e. The van der Waals surface area contributed by atoms with Crippen molar-refractivity contribution >= 4 is 17.9 Å². The highest BCUT2D eigenvalue weighted by Crippen LogP contribution is 2.17. The number of carbonyl (C=O) groups excluding carboxylic acids is 3. The summed E-state index contributed by atoms with van der Waals surface area (Å²) >= 11 is 0. The number of hydrogen-bond acceptors (Lipinski definition) is 5. The number of aryl methyl sites for hydroxylation is 1. The van der Waals surface area contributed by atoms with Crippen LogP contribution < -0.4 is 0 Å². The van der Waals surface area contributed by atoms with Crippen LogP contribution in [0.5, 0.6) is 0 Å². The van der Waals surface area contributed by atoms with Crippen molar-refractivity contribution in [3.8, 4) is 0 Å². The van der Waals surface area contributed by atoms with Crippen molar-refractivity contribution in [3.05, 3.63) is 70.8 Å². The van der Waals surface area contributed by atoms with Gasteiger partial charge in [-0.1, -0.05) is 37.6 Å². The summed E-state index contributed by atoms with van der Waals surface area (Å²) in [5.41, 5.74) is 1.27. The SMILES string of the molecule is CCCc1ccc(C(=O)OCC)c(C(=O)OC(=O)c2ccccc2)c1. The Bertz CT molecular complexity index is 765. The zero-order valence-corrected chi connectivity index (χ0v) is 14.3. The van der Waals surface area contributed by atoms with E-state index in [1.54, 1.807) is 49.4 Å². The molecule has 0 N–H and O–H groups in total. The first-order valence-corrected chi connectivity index (χ1v) is 8.18. The molecule has 2 aromatic rings. The zero-order valence-electron chi connectivity index (χ0n) is 14.3. The first kappa shape index (κ1) is 18.4. The second-order valence-electron chi connectivity index (χ2n) is 5.39. The van der Waals surface area contributed by atoms with Gasteiger partial charge < -0.3 is 9.47 Å². The maximum Gasteiger partial charge on any atom is 0.346 e. The number of ether oxygens (including phenoxy) is 2. The number of rotatable bonds is 6. The van der Waals surface area contributed by atoms with Crippen LogP contribution in [0.2, 0.25) is 0 Å². The molecule has 5 heteroatoms. The molecular weight excluding hydrogens is 320 g/mol. The van der Waals surface area contributed by atoms with Crippen LogP contribution in [0.3, 0.4) is 0 Å². The van der Waals surface area contributed by atoms with Gasteiger partial charge in [0.05, 0.1) is 23.3 Å². The summed E-state index contributed by atoms with van der Waals surface area (Å²) in [5.74, 6) is -2.25. The molecule has 5 nitrogen and oxygen atoms in total. The minimum absolute atomic E-state index is 0.0358. The van der Waals surface area contributed by atoms with E-state index in [4.69, 9.17) is 9.47 Å². The largest absolute Gasteiger partial charge is 0.462 e. The minimum atomic E-state index is -0.866. The van der Waals surface area contributed by atoms with E-state index in [0.717, 1.165) is 18.4 Å². The van der Waals surface area contributed by atoms with Crippen LogP contribution in [0.1, 0.15) is 56.9 Å². The fourth-order valence-electron chi connectivity index (χ4n) is 2.36. The van der Waals surface area contributed by atoms with E-state index in [0.29, 0.717) is 0 Å². The van der Waals surface area contributed by atoms with Crippen LogP contribution >= 0.6 is 0 Å². The van der Waals surface area contributed by atoms with Crippen LogP contribution in [0, 0.1) is 0 Å². The van der Waals surface area contributed by atoms with E-state index in [-0.39, 0.29) is 23.3 Å². The summed E-state index contributed by atoms with van der Waals surface area (Å²) in [7, 11) is 0. The van der Waals surface area contributed by atoms with Crippen molar-refractivity contribution in [2.45, 2.75) is 26.7 Å². The number of hydrogen-bond donors (Lipinski definition) is 0. The van der Waals surface area contributed by atoms with Gasteiger partial charge in [-0.15, -0.1) is 0 Å². The van der Waals surface area contributed by atoms with Crippen LogP contribution in [-0.2, 0) is 15.9 Å². The fraction of sp³-hybridized carbons (Fsp3) is 0.250. The van der Waals surface area contributed by atoms with Gasteiger partial charge in [0.2, 0.25) is 0 Å². The van der Waals surface area contributed by atoms with Crippen molar-refractivity contribution < 1.29 is 23.9 Å². The molecule has 0 aliphatic carbocycles. The maximum absolute atomic E-state index is 12.5. The van der Waals surface area contributed by atoms with Crippen LogP contribution in [0.25, 0.3) is 0 Å². The van der Waals surface area contributed by atoms with Crippen molar-refractivity contribution in [2.24, 2.45) is 0 Å². The molecule has 0 bridgehead atoms. The Labute approximate surface area is 146 Å². The number of carbonyl (C=O) groups is 3. The van der Waals surface area contributed by atoms with E-state index < -0.39 is 17.9 Å². The van der Waals surface area contributed by atoms with Gasteiger partial charge in [-0.05, 0) is 43.2 Å². The van der Waals surface area contributed by atoms with Gasteiger partial charge in [-0.25, -0.2) is 14.4 Å². The normalized spacial score (nSPS) is 10.2. The highest BCUT2D eigenvalue weighted by atomic mass is 16.6. The quantitative estimate of drug-likeness (QED) is 0.591. The molecule has 0 aliphatic rings. The molecule has 0 unspecified atom stereocenters. The fourth-order valence-corrected chi connectivity index (χ4v) is 2.36.